The van der Waals surface area contributed by atoms with Gasteiger partial charge in [-0.05, 0) is 48.5 Å². The van der Waals surface area contributed by atoms with E-state index >= 15 is 0 Å². The lowest BCUT2D eigenvalue weighted by molar-refractivity contribution is -0.123. The highest BCUT2D eigenvalue weighted by atomic mass is 35.5. The number of carbonyl (C=O) groups is 2. The number of hydrogen-bond donors (Lipinski definition) is 0. The van der Waals surface area contributed by atoms with Gasteiger partial charge in [-0.1, -0.05) is 41.9 Å². The van der Waals surface area contributed by atoms with Gasteiger partial charge < -0.3 is 4.74 Å². The van der Waals surface area contributed by atoms with E-state index in [-0.39, 0.29) is 17.7 Å². The standard InChI is InChI=1S/C19H16ClNO3S/c1-2-24-16-6-4-3-5-14(16)11-17-18(22)21(19(23)25-17)12-13-7-9-15(20)10-8-13/h3-11H,2,12H2,1H3. The maximum Gasteiger partial charge on any atom is 0.293 e. The lowest BCUT2D eigenvalue weighted by atomic mass is 10.1. The van der Waals surface area contributed by atoms with E-state index in [1.807, 2.05) is 31.2 Å². The van der Waals surface area contributed by atoms with Crippen molar-refractivity contribution in [2.45, 2.75) is 13.5 Å². The Bertz CT molecular complexity index is 833. The van der Waals surface area contributed by atoms with Gasteiger partial charge in [-0.25, -0.2) is 0 Å². The molecule has 1 aliphatic rings. The van der Waals surface area contributed by atoms with E-state index in [0.29, 0.717) is 22.3 Å². The Labute approximate surface area is 155 Å². The van der Waals surface area contributed by atoms with Crippen molar-refractivity contribution in [3.05, 3.63) is 69.6 Å². The van der Waals surface area contributed by atoms with Gasteiger partial charge in [0, 0.05) is 10.6 Å². The van der Waals surface area contributed by atoms with E-state index in [9.17, 15) is 9.59 Å². The van der Waals surface area contributed by atoms with Crippen LogP contribution in [0.15, 0.2) is 53.4 Å². The van der Waals surface area contributed by atoms with Crippen LogP contribution in [0.5, 0.6) is 5.75 Å². The smallest absolute Gasteiger partial charge is 0.293 e. The number of nitrogens with zero attached hydrogens (tertiary/aromatic N) is 1. The number of hydrogen-bond acceptors (Lipinski definition) is 4. The van der Waals surface area contributed by atoms with Crippen molar-refractivity contribution in [1.29, 1.82) is 0 Å². The van der Waals surface area contributed by atoms with Crippen molar-refractivity contribution in [1.82, 2.24) is 4.90 Å². The van der Waals surface area contributed by atoms with Gasteiger partial charge in [0.1, 0.15) is 5.75 Å². The van der Waals surface area contributed by atoms with Crippen LogP contribution >= 0.6 is 23.4 Å². The summed E-state index contributed by atoms with van der Waals surface area (Å²) >= 11 is 6.81. The molecule has 0 spiro atoms. The maximum absolute atomic E-state index is 12.6. The van der Waals surface area contributed by atoms with Gasteiger partial charge in [0.15, 0.2) is 0 Å². The summed E-state index contributed by atoms with van der Waals surface area (Å²) in [5, 5.41) is 0.338. The van der Waals surface area contributed by atoms with E-state index in [1.54, 1.807) is 30.3 Å². The minimum absolute atomic E-state index is 0.228. The summed E-state index contributed by atoms with van der Waals surface area (Å²) in [6, 6.07) is 14.5. The molecule has 1 fully saturated rings. The third kappa shape index (κ3) is 4.06. The van der Waals surface area contributed by atoms with Crippen LogP contribution in [0.2, 0.25) is 5.02 Å². The molecule has 2 aromatic rings. The zero-order valence-corrected chi connectivity index (χ0v) is 15.1. The molecule has 2 aromatic carbocycles. The normalized spacial score (nSPS) is 15.9. The fraction of sp³-hybridized carbons (Fsp3) is 0.158. The summed E-state index contributed by atoms with van der Waals surface area (Å²) in [5.41, 5.74) is 1.63. The van der Waals surface area contributed by atoms with Crippen molar-refractivity contribution in [3.8, 4) is 5.75 Å². The molecule has 3 rings (SSSR count). The Balaban J connectivity index is 1.82. The molecule has 0 N–H and O–H groups in total. The van der Waals surface area contributed by atoms with Gasteiger partial charge in [-0.2, -0.15) is 0 Å². The second kappa shape index (κ2) is 7.76. The van der Waals surface area contributed by atoms with Crippen molar-refractivity contribution in [2.24, 2.45) is 0 Å². The molecule has 0 aromatic heterocycles. The highest BCUT2D eigenvalue weighted by Gasteiger charge is 2.35. The van der Waals surface area contributed by atoms with Crippen molar-refractivity contribution < 1.29 is 14.3 Å². The molecule has 0 radical (unpaired) electrons. The Hall–Kier alpha value is -2.24. The first-order valence-corrected chi connectivity index (χ1v) is 8.99. The fourth-order valence-electron chi connectivity index (χ4n) is 2.44. The molecule has 1 heterocycles. The average molecular weight is 374 g/mol. The molecule has 25 heavy (non-hydrogen) atoms. The summed E-state index contributed by atoms with van der Waals surface area (Å²) in [6.07, 6.45) is 1.71. The summed E-state index contributed by atoms with van der Waals surface area (Å²) in [4.78, 5) is 26.5. The number of amides is 2. The predicted molar refractivity (Wildman–Crippen MR) is 101 cm³/mol. The van der Waals surface area contributed by atoms with Crippen LogP contribution in [0.4, 0.5) is 4.79 Å². The predicted octanol–water partition coefficient (Wildman–Crippen LogP) is 4.98. The summed E-state index contributed by atoms with van der Waals surface area (Å²) in [7, 11) is 0. The maximum atomic E-state index is 12.6. The summed E-state index contributed by atoms with van der Waals surface area (Å²) in [6.45, 7) is 2.66. The van der Waals surface area contributed by atoms with E-state index in [1.165, 1.54) is 4.90 Å². The van der Waals surface area contributed by atoms with Crippen LogP contribution in [-0.4, -0.2) is 22.7 Å². The number of rotatable bonds is 5. The first kappa shape index (κ1) is 17.6. The summed E-state index contributed by atoms with van der Waals surface area (Å²) < 4.78 is 5.57. The van der Waals surface area contributed by atoms with Gasteiger partial charge in [0.05, 0.1) is 18.1 Å². The SMILES string of the molecule is CCOc1ccccc1C=C1SC(=O)N(Cc2ccc(Cl)cc2)C1=O. The second-order valence-electron chi connectivity index (χ2n) is 5.37. The Morgan fingerprint density at radius 3 is 2.56 bits per heavy atom. The van der Waals surface area contributed by atoms with E-state index in [0.717, 1.165) is 22.9 Å². The monoisotopic (exact) mass is 373 g/mol. The van der Waals surface area contributed by atoms with Crippen LogP contribution < -0.4 is 4.74 Å². The first-order valence-electron chi connectivity index (χ1n) is 7.80. The third-order valence-electron chi connectivity index (χ3n) is 3.63. The quantitative estimate of drug-likeness (QED) is 0.694. The van der Waals surface area contributed by atoms with Crippen LogP contribution in [0, 0.1) is 0 Å². The minimum atomic E-state index is -0.295. The number of halogens is 1. The topological polar surface area (TPSA) is 46.6 Å². The number of thioether (sulfide) groups is 1. The van der Waals surface area contributed by atoms with Gasteiger partial charge in [0.2, 0.25) is 0 Å². The molecule has 0 unspecified atom stereocenters. The molecule has 6 heteroatoms. The molecule has 2 amide bonds. The fourth-order valence-corrected chi connectivity index (χ4v) is 3.39. The lowest BCUT2D eigenvalue weighted by Gasteiger charge is -2.12. The molecule has 0 saturated carbocycles. The van der Waals surface area contributed by atoms with Gasteiger partial charge >= 0.3 is 0 Å². The molecule has 0 bridgehead atoms. The second-order valence-corrected chi connectivity index (χ2v) is 6.79. The Morgan fingerprint density at radius 2 is 1.84 bits per heavy atom. The van der Waals surface area contributed by atoms with Gasteiger partial charge in [-0.15, -0.1) is 0 Å². The van der Waals surface area contributed by atoms with Crippen molar-refractivity contribution in [2.75, 3.05) is 6.61 Å². The zero-order chi connectivity index (χ0) is 17.8. The van der Waals surface area contributed by atoms with Crippen LogP contribution in [0.1, 0.15) is 18.1 Å². The van der Waals surface area contributed by atoms with Crippen molar-refractivity contribution in [3.63, 3.8) is 0 Å². The summed E-state index contributed by atoms with van der Waals surface area (Å²) in [5.74, 6) is 0.394. The molecular weight excluding hydrogens is 358 g/mol. The van der Waals surface area contributed by atoms with Crippen LogP contribution in [0.3, 0.4) is 0 Å². The van der Waals surface area contributed by atoms with Crippen LogP contribution in [-0.2, 0) is 11.3 Å². The van der Waals surface area contributed by atoms with E-state index in [4.69, 9.17) is 16.3 Å². The molecule has 1 saturated heterocycles. The molecule has 0 atom stereocenters. The highest BCUT2D eigenvalue weighted by molar-refractivity contribution is 8.18. The third-order valence-corrected chi connectivity index (χ3v) is 4.79. The van der Waals surface area contributed by atoms with E-state index < -0.39 is 0 Å². The number of imide groups is 1. The largest absolute Gasteiger partial charge is 0.493 e. The van der Waals surface area contributed by atoms with Gasteiger partial charge in [0.25, 0.3) is 11.1 Å². The van der Waals surface area contributed by atoms with Crippen LogP contribution in [0.25, 0.3) is 6.08 Å². The lowest BCUT2D eigenvalue weighted by Crippen LogP contribution is -2.27. The van der Waals surface area contributed by atoms with Gasteiger partial charge in [-0.3, -0.25) is 14.5 Å². The van der Waals surface area contributed by atoms with E-state index in [2.05, 4.69) is 0 Å². The number of benzene rings is 2. The molecule has 0 aliphatic carbocycles. The number of carbonyl (C=O) groups excluding carboxylic acids is 2. The molecule has 4 nitrogen and oxygen atoms in total. The number of ether oxygens (including phenoxy) is 1. The molecule has 128 valence electrons. The Kier molecular flexibility index (Phi) is 5.46. The first-order chi connectivity index (χ1) is 12.1. The zero-order valence-electron chi connectivity index (χ0n) is 13.6. The average Bonchev–Trinajstić information content (AvgIpc) is 2.86. The molecule has 1 aliphatic heterocycles. The van der Waals surface area contributed by atoms with Crippen molar-refractivity contribution >= 4 is 40.6 Å². The molecular formula is C19H16ClNO3S. The Morgan fingerprint density at radius 1 is 1.12 bits per heavy atom. The minimum Gasteiger partial charge on any atom is -0.493 e. The highest BCUT2D eigenvalue weighted by Crippen LogP contribution is 2.34. The number of para-hydroxylation sites is 1.